The Hall–Kier alpha value is -1.65. The van der Waals surface area contributed by atoms with Crippen molar-refractivity contribution in [3.05, 3.63) is 64.2 Å². The van der Waals surface area contributed by atoms with Crippen LogP contribution in [0.3, 0.4) is 0 Å². The molecule has 0 fully saturated rings. The van der Waals surface area contributed by atoms with Crippen molar-refractivity contribution in [3.8, 4) is 5.75 Å². The Morgan fingerprint density at radius 1 is 1.19 bits per heavy atom. The molecule has 2 N–H and O–H groups in total. The van der Waals surface area contributed by atoms with E-state index in [0.717, 1.165) is 11.6 Å². The summed E-state index contributed by atoms with van der Waals surface area (Å²) < 4.78 is 31.8. The summed E-state index contributed by atoms with van der Waals surface area (Å²) in [6, 6.07) is 8.78. The molecule has 0 aliphatic heterocycles. The first-order chi connectivity index (χ1) is 9.95. The van der Waals surface area contributed by atoms with Gasteiger partial charge in [-0.05, 0) is 43.2 Å². The summed E-state index contributed by atoms with van der Waals surface area (Å²) in [4.78, 5) is 0. The molecule has 0 aliphatic rings. The van der Waals surface area contributed by atoms with Crippen LogP contribution in [0.4, 0.5) is 8.78 Å². The standard InChI is InChI=1S/C16H16ClF2NO/c1-10(20)6-11-2-5-16(14(17)7-11)21-9-12-3-4-13(18)8-15(12)19/h2-5,7-8,10H,6,9,20H2,1H3. The number of nitrogens with two attached hydrogens (primary N) is 1. The van der Waals surface area contributed by atoms with E-state index in [-0.39, 0.29) is 18.2 Å². The maximum absolute atomic E-state index is 13.5. The first kappa shape index (κ1) is 15.7. The van der Waals surface area contributed by atoms with Gasteiger partial charge in [-0.3, -0.25) is 0 Å². The summed E-state index contributed by atoms with van der Waals surface area (Å²) in [7, 11) is 0. The molecule has 5 heteroatoms. The Balaban J connectivity index is 2.06. The molecule has 2 aromatic rings. The van der Waals surface area contributed by atoms with Gasteiger partial charge < -0.3 is 10.5 Å². The molecular weight excluding hydrogens is 296 g/mol. The summed E-state index contributed by atoms with van der Waals surface area (Å²) in [5, 5.41) is 0.440. The number of benzene rings is 2. The van der Waals surface area contributed by atoms with Crippen LogP contribution in [-0.2, 0) is 13.0 Å². The molecule has 0 heterocycles. The van der Waals surface area contributed by atoms with Crippen LogP contribution in [-0.4, -0.2) is 6.04 Å². The van der Waals surface area contributed by atoms with Gasteiger partial charge in [0.25, 0.3) is 0 Å². The molecule has 2 rings (SSSR count). The predicted molar refractivity (Wildman–Crippen MR) is 79.5 cm³/mol. The third-order valence-corrected chi connectivity index (χ3v) is 3.25. The topological polar surface area (TPSA) is 35.2 Å². The fourth-order valence-corrected chi connectivity index (χ4v) is 2.21. The third kappa shape index (κ3) is 4.41. The van der Waals surface area contributed by atoms with Gasteiger partial charge >= 0.3 is 0 Å². The number of hydrogen-bond donors (Lipinski definition) is 1. The molecule has 1 unspecified atom stereocenters. The van der Waals surface area contributed by atoms with Crippen LogP contribution < -0.4 is 10.5 Å². The molecule has 21 heavy (non-hydrogen) atoms. The Kier molecular flexibility index (Phi) is 5.15. The van der Waals surface area contributed by atoms with Gasteiger partial charge in [0.2, 0.25) is 0 Å². The minimum atomic E-state index is -0.639. The van der Waals surface area contributed by atoms with E-state index in [1.54, 1.807) is 12.1 Å². The lowest BCUT2D eigenvalue weighted by atomic mass is 10.1. The van der Waals surface area contributed by atoms with Gasteiger partial charge in [0.1, 0.15) is 24.0 Å². The highest BCUT2D eigenvalue weighted by atomic mass is 35.5. The molecule has 0 saturated heterocycles. The largest absolute Gasteiger partial charge is 0.487 e. The van der Waals surface area contributed by atoms with Crippen molar-refractivity contribution in [3.63, 3.8) is 0 Å². The summed E-state index contributed by atoms with van der Waals surface area (Å²) in [5.41, 5.74) is 7.01. The molecule has 1 atom stereocenters. The van der Waals surface area contributed by atoms with E-state index >= 15 is 0 Å². The molecule has 0 amide bonds. The summed E-state index contributed by atoms with van der Waals surface area (Å²) >= 11 is 6.12. The minimum absolute atomic E-state index is 0.0154. The highest BCUT2D eigenvalue weighted by Gasteiger charge is 2.08. The number of ether oxygens (including phenoxy) is 1. The molecule has 0 aliphatic carbocycles. The van der Waals surface area contributed by atoms with Crippen LogP contribution in [0.25, 0.3) is 0 Å². The Labute approximate surface area is 127 Å². The second-order valence-corrected chi connectivity index (χ2v) is 5.38. The summed E-state index contributed by atoms with van der Waals surface area (Å²) in [6.45, 7) is 1.90. The van der Waals surface area contributed by atoms with Crippen molar-refractivity contribution >= 4 is 11.6 Å². The van der Waals surface area contributed by atoms with Gasteiger partial charge in [-0.25, -0.2) is 8.78 Å². The fourth-order valence-electron chi connectivity index (χ4n) is 1.95. The molecule has 0 spiro atoms. The minimum Gasteiger partial charge on any atom is -0.487 e. The molecular formula is C16H16ClF2NO. The Morgan fingerprint density at radius 2 is 1.95 bits per heavy atom. The smallest absolute Gasteiger partial charge is 0.138 e. The summed E-state index contributed by atoms with van der Waals surface area (Å²) in [5.74, 6) is -0.803. The zero-order valence-electron chi connectivity index (χ0n) is 11.6. The zero-order valence-corrected chi connectivity index (χ0v) is 12.3. The van der Waals surface area contributed by atoms with Crippen LogP contribution >= 0.6 is 11.6 Å². The van der Waals surface area contributed by atoms with E-state index in [1.807, 2.05) is 13.0 Å². The predicted octanol–water partition coefficient (Wildman–Crippen LogP) is 4.09. The van der Waals surface area contributed by atoms with Crippen molar-refractivity contribution in [2.24, 2.45) is 5.73 Å². The second kappa shape index (κ2) is 6.87. The van der Waals surface area contributed by atoms with E-state index in [9.17, 15) is 8.78 Å². The van der Waals surface area contributed by atoms with Crippen molar-refractivity contribution in [2.45, 2.75) is 26.0 Å². The van der Waals surface area contributed by atoms with Crippen molar-refractivity contribution in [1.82, 2.24) is 0 Å². The van der Waals surface area contributed by atoms with Crippen molar-refractivity contribution in [2.75, 3.05) is 0 Å². The van der Waals surface area contributed by atoms with E-state index in [1.165, 1.54) is 12.1 Å². The highest BCUT2D eigenvalue weighted by Crippen LogP contribution is 2.27. The van der Waals surface area contributed by atoms with Crippen LogP contribution in [0.5, 0.6) is 5.75 Å². The monoisotopic (exact) mass is 311 g/mol. The summed E-state index contributed by atoms with van der Waals surface area (Å²) in [6.07, 6.45) is 0.715. The van der Waals surface area contributed by atoms with Crippen molar-refractivity contribution in [1.29, 1.82) is 0 Å². The first-order valence-corrected chi connectivity index (χ1v) is 6.94. The second-order valence-electron chi connectivity index (χ2n) is 4.97. The van der Waals surface area contributed by atoms with E-state index < -0.39 is 11.6 Å². The molecule has 2 nitrogen and oxygen atoms in total. The van der Waals surface area contributed by atoms with Gasteiger partial charge in [-0.1, -0.05) is 17.7 Å². The lowest BCUT2D eigenvalue weighted by Crippen LogP contribution is -2.17. The van der Waals surface area contributed by atoms with Crippen LogP contribution in [0.1, 0.15) is 18.1 Å². The molecule has 2 aromatic carbocycles. The molecule has 0 radical (unpaired) electrons. The van der Waals surface area contributed by atoms with Crippen LogP contribution in [0.2, 0.25) is 5.02 Å². The van der Waals surface area contributed by atoms with Crippen molar-refractivity contribution < 1.29 is 13.5 Å². The Bertz CT molecular complexity index is 632. The molecule has 0 bridgehead atoms. The SMILES string of the molecule is CC(N)Cc1ccc(OCc2ccc(F)cc2F)c(Cl)c1. The van der Waals surface area contributed by atoms with Gasteiger partial charge in [-0.2, -0.15) is 0 Å². The van der Waals surface area contributed by atoms with Gasteiger partial charge in [0.05, 0.1) is 5.02 Å². The van der Waals surface area contributed by atoms with Gasteiger partial charge in [0.15, 0.2) is 0 Å². The van der Waals surface area contributed by atoms with E-state index in [2.05, 4.69) is 0 Å². The lowest BCUT2D eigenvalue weighted by Gasteiger charge is -2.11. The Morgan fingerprint density at radius 3 is 2.57 bits per heavy atom. The average Bonchev–Trinajstić information content (AvgIpc) is 2.39. The molecule has 112 valence electrons. The molecule has 0 aromatic heterocycles. The quantitative estimate of drug-likeness (QED) is 0.902. The fraction of sp³-hybridized carbons (Fsp3) is 0.250. The maximum atomic E-state index is 13.5. The van der Waals surface area contributed by atoms with Gasteiger partial charge in [-0.15, -0.1) is 0 Å². The average molecular weight is 312 g/mol. The number of rotatable bonds is 5. The van der Waals surface area contributed by atoms with E-state index in [4.69, 9.17) is 22.1 Å². The molecule has 0 saturated carbocycles. The number of hydrogen-bond acceptors (Lipinski definition) is 2. The zero-order chi connectivity index (χ0) is 15.4. The van der Waals surface area contributed by atoms with E-state index in [0.29, 0.717) is 17.2 Å². The van der Waals surface area contributed by atoms with Gasteiger partial charge in [0, 0.05) is 17.7 Å². The third-order valence-electron chi connectivity index (χ3n) is 2.95. The highest BCUT2D eigenvalue weighted by molar-refractivity contribution is 6.32. The lowest BCUT2D eigenvalue weighted by molar-refractivity contribution is 0.299. The number of halogens is 3. The maximum Gasteiger partial charge on any atom is 0.138 e. The normalized spacial score (nSPS) is 12.2. The van der Waals surface area contributed by atoms with Crippen LogP contribution in [0.15, 0.2) is 36.4 Å². The van der Waals surface area contributed by atoms with Crippen LogP contribution in [0, 0.1) is 11.6 Å². The first-order valence-electron chi connectivity index (χ1n) is 6.56.